The Morgan fingerprint density at radius 1 is 1.10 bits per heavy atom. The second-order valence-corrected chi connectivity index (χ2v) is 6.37. The number of nitrogens with two attached hydrogens (primary N) is 1. The van der Waals surface area contributed by atoms with Crippen molar-refractivity contribution in [3.63, 3.8) is 0 Å². The standard InChI is InChI=1S/C23H20N2O5/c1-3-29-23(27)19-18(14-9-11-16(12-10-14)22(26)28-2)17(13-24)21(25)30-20(19)15-7-5-4-6-8-15/h4-12,18H,3,25H2,1-2H3/t18-/m1/s1. The van der Waals surface area contributed by atoms with Gasteiger partial charge >= 0.3 is 11.9 Å². The molecule has 152 valence electrons. The maximum absolute atomic E-state index is 12.9. The van der Waals surface area contributed by atoms with Gasteiger partial charge in [-0.05, 0) is 24.6 Å². The minimum Gasteiger partial charge on any atom is -0.465 e. The number of allylic oxidation sites excluding steroid dienone is 1. The molecule has 1 aliphatic rings. The fourth-order valence-corrected chi connectivity index (χ4v) is 3.24. The first-order valence-corrected chi connectivity index (χ1v) is 9.24. The van der Waals surface area contributed by atoms with Gasteiger partial charge in [0, 0.05) is 5.56 Å². The van der Waals surface area contributed by atoms with E-state index in [-0.39, 0.29) is 29.4 Å². The predicted octanol–water partition coefficient (Wildman–Crippen LogP) is 3.26. The first-order chi connectivity index (χ1) is 14.5. The first-order valence-electron chi connectivity index (χ1n) is 9.24. The fraction of sp³-hybridized carbons (Fsp3) is 0.174. The Kier molecular flexibility index (Phi) is 6.18. The van der Waals surface area contributed by atoms with Gasteiger partial charge in [0.05, 0.1) is 30.8 Å². The number of hydrogen-bond donors (Lipinski definition) is 1. The van der Waals surface area contributed by atoms with Crippen LogP contribution in [0.4, 0.5) is 0 Å². The molecule has 0 bridgehead atoms. The number of carbonyl (C=O) groups is 2. The minimum atomic E-state index is -0.815. The summed E-state index contributed by atoms with van der Waals surface area (Å²) in [7, 11) is 1.29. The highest BCUT2D eigenvalue weighted by atomic mass is 16.5. The summed E-state index contributed by atoms with van der Waals surface area (Å²) in [5.74, 6) is -1.78. The molecule has 0 amide bonds. The molecule has 0 saturated carbocycles. The summed E-state index contributed by atoms with van der Waals surface area (Å²) in [6.07, 6.45) is 0. The average Bonchev–Trinajstić information content (AvgIpc) is 2.78. The molecule has 30 heavy (non-hydrogen) atoms. The highest BCUT2D eigenvalue weighted by Crippen LogP contribution is 2.42. The summed E-state index contributed by atoms with van der Waals surface area (Å²) in [5.41, 5.74) is 7.86. The molecule has 7 heteroatoms. The maximum Gasteiger partial charge on any atom is 0.338 e. The number of ether oxygens (including phenoxy) is 3. The van der Waals surface area contributed by atoms with Crippen LogP contribution in [0.1, 0.15) is 34.3 Å². The van der Waals surface area contributed by atoms with E-state index >= 15 is 0 Å². The highest BCUT2D eigenvalue weighted by molar-refractivity contribution is 6.00. The lowest BCUT2D eigenvalue weighted by Crippen LogP contribution is -2.26. The molecule has 0 fully saturated rings. The van der Waals surface area contributed by atoms with Gasteiger partial charge in [-0.15, -0.1) is 0 Å². The van der Waals surface area contributed by atoms with Gasteiger partial charge in [-0.3, -0.25) is 0 Å². The van der Waals surface area contributed by atoms with Gasteiger partial charge in [-0.25, -0.2) is 9.59 Å². The van der Waals surface area contributed by atoms with Crippen molar-refractivity contribution in [1.29, 1.82) is 5.26 Å². The zero-order chi connectivity index (χ0) is 21.7. The summed E-state index contributed by atoms with van der Waals surface area (Å²) in [4.78, 5) is 24.7. The molecule has 1 heterocycles. The van der Waals surface area contributed by atoms with Crippen LogP contribution < -0.4 is 5.73 Å². The van der Waals surface area contributed by atoms with E-state index in [1.165, 1.54) is 7.11 Å². The molecule has 2 N–H and O–H groups in total. The molecule has 3 rings (SSSR count). The van der Waals surface area contributed by atoms with E-state index in [1.54, 1.807) is 55.5 Å². The summed E-state index contributed by atoms with van der Waals surface area (Å²) in [6, 6.07) is 17.4. The molecular formula is C23H20N2O5. The zero-order valence-electron chi connectivity index (χ0n) is 16.5. The maximum atomic E-state index is 12.9. The number of carbonyl (C=O) groups excluding carboxylic acids is 2. The minimum absolute atomic E-state index is 0.0866. The van der Waals surface area contributed by atoms with Crippen LogP contribution in [-0.4, -0.2) is 25.7 Å². The van der Waals surface area contributed by atoms with Gasteiger partial charge < -0.3 is 19.9 Å². The van der Waals surface area contributed by atoms with E-state index < -0.39 is 17.9 Å². The van der Waals surface area contributed by atoms with Gasteiger partial charge in [-0.2, -0.15) is 5.26 Å². The van der Waals surface area contributed by atoms with Crippen LogP contribution in [0.5, 0.6) is 0 Å². The third-order valence-electron chi connectivity index (χ3n) is 4.62. The number of esters is 2. The van der Waals surface area contributed by atoms with Crippen LogP contribution >= 0.6 is 0 Å². The van der Waals surface area contributed by atoms with Gasteiger partial charge in [0.2, 0.25) is 5.88 Å². The second kappa shape index (κ2) is 8.97. The molecule has 0 saturated heterocycles. The molecule has 2 aromatic rings. The van der Waals surface area contributed by atoms with Crippen LogP contribution in [0.15, 0.2) is 71.6 Å². The molecule has 0 aromatic heterocycles. The van der Waals surface area contributed by atoms with Crippen molar-refractivity contribution in [3.8, 4) is 6.07 Å². The molecular weight excluding hydrogens is 384 g/mol. The smallest absolute Gasteiger partial charge is 0.338 e. The molecule has 1 aliphatic heterocycles. The zero-order valence-corrected chi connectivity index (χ0v) is 16.5. The van der Waals surface area contributed by atoms with Gasteiger partial charge in [0.1, 0.15) is 17.4 Å². The van der Waals surface area contributed by atoms with Crippen LogP contribution in [0, 0.1) is 11.3 Å². The lowest BCUT2D eigenvalue weighted by Gasteiger charge is -2.28. The van der Waals surface area contributed by atoms with Crippen molar-refractivity contribution >= 4 is 17.7 Å². The Bertz CT molecular complexity index is 1060. The van der Waals surface area contributed by atoms with E-state index in [4.69, 9.17) is 19.9 Å². The summed E-state index contributed by atoms with van der Waals surface area (Å²) in [6.45, 7) is 1.85. The Morgan fingerprint density at radius 3 is 2.33 bits per heavy atom. The number of nitriles is 1. The number of benzene rings is 2. The van der Waals surface area contributed by atoms with Gasteiger partial charge in [0.15, 0.2) is 0 Å². The first kappa shape index (κ1) is 20.7. The van der Waals surface area contributed by atoms with E-state index in [0.29, 0.717) is 16.7 Å². The van der Waals surface area contributed by atoms with Crippen molar-refractivity contribution in [2.45, 2.75) is 12.8 Å². The Balaban J connectivity index is 2.22. The van der Waals surface area contributed by atoms with Crippen molar-refractivity contribution in [3.05, 3.63) is 88.3 Å². The number of rotatable bonds is 5. The lowest BCUT2D eigenvalue weighted by molar-refractivity contribution is -0.138. The Hall–Kier alpha value is -4.05. The molecule has 0 aliphatic carbocycles. The van der Waals surface area contributed by atoms with Crippen molar-refractivity contribution in [1.82, 2.24) is 0 Å². The van der Waals surface area contributed by atoms with Crippen molar-refractivity contribution < 1.29 is 23.8 Å². The van der Waals surface area contributed by atoms with E-state index in [1.807, 2.05) is 12.1 Å². The topological polar surface area (TPSA) is 112 Å². The Morgan fingerprint density at radius 2 is 1.77 bits per heavy atom. The number of methoxy groups -OCH3 is 1. The molecule has 2 aromatic carbocycles. The van der Waals surface area contributed by atoms with E-state index in [9.17, 15) is 14.9 Å². The number of nitrogens with zero attached hydrogens (tertiary/aromatic N) is 1. The molecule has 0 unspecified atom stereocenters. The van der Waals surface area contributed by atoms with Crippen LogP contribution in [0.25, 0.3) is 5.76 Å². The molecule has 7 nitrogen and oxygen atoms in total. The van der Waals surface area contributed by atoms with Gasteiger partial charge in [0.25, 0.3) is 0 Å². The SMILES string of the molecule is CCOC(=O)C1=C(c2ccccc2)OC(N)=C(C#N)[C@H]1c1ccc(C(=O)OC)cc1. The normalized spacial score (nSPS) is 15.8. The molecule has 0 spiro atoms. The quantitative estimate of drug-likeness (QED) is 0.761. The molecule has 1 atom stereocenters. The van der Waals surface area contributed by atoms with Crippen molar-refractivity contribution in [2.75, 3.05) is 13.7 Å². The average molecular weight is 404 g/mol. The van der Waals surface area contributed by atoms with E-state index in [2.05, 4.69) is 0 Å². The monoisotopic (exact) mass is 404 g/mol. The molecule has 0 radical (unpaired) electrons. The number of hydrogen-bond acceptors (Lipinski definition) is 7. The second-order valence-electron chi connectivity index (χ2n) is 6.37. The summed E-state index contributed by atoms with van der Waals surface area (Å²) < 4.78 is 15.7. The summed E-state index contributed by atoms with van der Waals surface area (Å²) >= 11 is 0. The predicted molar refractivity (Wildman–Crippen MR) is 108 cm³/mol. The third kappa shape index (κ3) is 3.89. The lowest BCUT2D eigenvalue weighted by atomic mass is 9.81. The van der Waals surface area contributed by atoms with Crippen LogP contribution in [0.2, 0.25) is 0 Å². The van der Waals surface area contributed by atoms with E-state index in [0.717, 1.165) is 0 Å². The third-order valence-corrected chi connectivity index (χ3v) is 4.62. The van der Waals surface area contributed by atoms with Gasteiger partial charge in [-0.1, -0.05) is 42.5 Å². The van der Waals surface area contributed by atoms with Crippen LogP contribution in [0.3, 0.4) is 0 Å². The highest BCUT2D eigenvalue weighted by Gasteiger charge is 2.38. The Labute approximate surface area is 174 Å². The fourth-order valence-electron chi connectivity index (χ4n) is 3.24. The van der Waals surface area contributed by atoms with Crippen LogP contribution in [-0.2, 0) is 19.0 Å². The summed E-state index contributed by atoms with van der Waals surface area (Å²) in [5, 5.41) is 9.74. The van der Waals surface area contributed by atoms with Crippen molar-refractivity contribution in [2.24, 2.45) is 5.73 Å². The largest absolute Gasteiger partial charge is 0.465 e.